The van der Waals surface area contributed by atoms with E-state index in [4.69, 9.17) is 4.74 Å². The third-order valence-electron chi connectivity index (χ3n) is 2.78. The number of hydrogen-bond acceptors (Lipinski definition) is 5. The van der Waals surface area contributed by atoms with Crippen molar-refractivity contribution < 1.29 is 9.13 Å². The Kier molecular flexibility index (Phi) is 3.05. The Morgan fingerprint density at radius 3 is 2.95 bits per heavy atom. The molecule has 0 aliphatic carbocycles. The number of aromatic nitrogens is 4. The molecule has 0 fully saturated rings. The van der Waals surface area contributed by atoms with Crippen molar-refractivity contribution in [3.63, 3.8) is 0 Å². The van der Waals surface area contributed by atoms with Gasteiger partial charge in [0.1, 0.15) is 12.7 Å². The molecule has 8 heteroatoms. The highest BCUT2D eigenvalue weighted by Gasteiger charge is 2.28. The van der Waals surface area contributed by atoms with E-state index in [1.807, 2.05) is 14.1 Å². The van der Waals surface area contributed by atoms with Crippen molar-refractivity contribution in [2.75, 3.05) is 14.1 Å². The molecule has 2 aromatic heterocycles. The monoisotopic (exact) mass is 276 g/mol. The number of aliphatic imine (C=N–C) groups is 1. The normalized spacial score (nSPS) is 21.8. The van der Waals surface area contributed by atoms with Gasteiger partial charge in [0.2, 0.25) is 6.23 Å². The number of ether oxygens (including phenoxy) is 1. The van der Waals surface area contributed by atoms with E-state index in [1.54, 1.807) is 11.2 Å². The summed E-state index contributed by atoms with van der Waals surface area (Å²) < 4.78 is 20.4. The number of fused-ring (bicyclic) bond motifs is 1. The fraction of sp³-hybridized carbons (Fsp3) is 0.333. The van der Waals surface area contributed by atoms with Gasteiger partial charge in [-0.15, -0.1) is 0 Å². The van der Waals surface area contributed by atoms with Crippen LogP contribution < -0.4 is 0 Å². The van der Waals surface area contributed by atoms with Gasteiger partial charge in [-0.25, -0.2) is 24.3 Å². The minimum Gasteiger partial charge on any atom is -0.474 e. The predicted molar refractivity (Wildman–Crippen MR) is 71.3 cm³/mol. The first kappa shape index (κ1) is 12.5. The highest BCUT2D eigenvalue weighted by molar-refractivity contribution is 5.82. The first-order valence-corrected chi connectivity index (χ1v) is 6.01. The van der Waals surface area contributed by atoms with Crippen LogP contribution in [0, 0.1) is 0 Å². The van der Waals surface area contributed by atoms with Crippen molar-refractivity contribution in [3.05, 3.63) is 25.0 Å². The molecule has 0 amide bonds. The number of rotatable bonds is 3. The lowest BCUT2D eigenvalue weighted by Crippen LogP contribution is -2.16. The summed E-state index contributed by atoms with van der Waals surface area (Å²) in [4.78, 5) is 18.4. The summed E-state index contributed by atoms with van der Waals surface area (Å²) in [6, 6.07) is 0. The van der Waals surface area contributed by atoms with E-state index in [0.29, 0.717) is 17.0 Å². The molecule has 104 valence electrons. The van der Waals surface area contributed by atoms with E-state index in [9.17, 15) is 4.39 Å². The summed E-state index contributed by atoms with van der Waals surface area (Å²) in [5, 5.41) is 0. The molecular formula is C12H13FN6O. The highest BCUT2D eigenvalue weighted by Crippen LogP contribution is 2.29. The zero-order valence-corrected chi connectivity index (χ0v) is 11.0. The lowest BCUT2D eigenvalue weighted by Gasteiger charge is -2.14. The Hall–Kier alpha value is -2.51. The lowest BCUT2D eigenvalue weighted by atomic mass is 10.3. The maximum absolute atomic E-state index is 13.7. The van der Waals surface area contributed by atoms with Crippen LogP contribution in [0.1, 0.15) is 6.23 Å². The quantitative estimate of drug-likeness (QED) is 0.626. The minimum absolute atomic E-state index is 0.434. The van der Waals surface area contributed by atoms with Crippen LogP contribution in [0.15, 0.2) is 30.0 Å². The number of hydrogen-bond donors (Lipinski definition) is 0. The van der Waals surface area contributed by atoms with Crippen molar-refractivity contribution in [2.24, 2.45) is 4.99 Å². The second-order valence-electron chi connectivity index (χ2n) is 4.53. The SMILES string of the molecule is CN(C)C=Nc1ncnc2c1ncn2[C@@H]1OC=C[C@@H]1F. The van der Waals surface area contributed by atoms with Crippen LogP contribution in [0.4, 0.5) is 10.2 Å². The summed E-state index contributed by atoms with van der Waals surface area (Å²) >= 11 is 0. The fourth-order valence-electron chi connectivity index (χ4n) is 1.88. The lowest BCUT2D eigenvalue weighted by molar-refractivity contribution is 0.0541. The topological polar surface area (TPSA) is 68.4 Å². The van der Waals surface area contributed by atoms with Crippen LogP contribution >= 0.6 is 0 Å². The molecule has 7 nitrogen and oxygen atoms in total. The van der Waals surface area contributed by atoms with Crippen LogP contribution in [0.3, 0.4) is 0 Å². The third kappa shape index (κ3) is 2.09. The van der Waals surface area contributed by atoms with Gasteiger partial charge in [0.05, 0.1) is 12.6 Å². The van der Waals surface area contributed by atoms with Gasteiger partial charge in [-0.2, -0.15) is 0 Å². The Balaban J connectivity index is 2.03. The summed E-state index contributed by atoms with van der Waals surface area (Å²) in [7, 11) is 3.71. The molecule has 0 N–H and O–H groups in total. The average Bonchev–Trinajstić information content (AvgIpc) is 3.02. The summed E-state index contributed by atoms with van der Waals surface area (Å²) in [5.41, 5.74) is 0.996. The highest BCUT2D eigenvalue weighted by atomic mass is 19.1. The molecule has 1 aliphatic rings. The van der Waals surface area contributed by atoms with E-state index in [1.165, 1.54) is 29.6 Å². The molecule has 0 radical (unpaired) electrons. The van der Waals surface area contributed by atoms with E-state index in [2.05, 4.69) is 19.9 Å². The first-order valence-electron chi connectivity index (χ1n) is 6.01. The molecule has 0 unspecified atom stereocenters. The van der Waals surface area contributed by atoms with Gasteiger partial charge >= 0.3 is 0 Å². The smallest absolute Gasteiger partial charge is 0.212 e. The minimum atomic E-state index is -1.23. The van der Waals surface area contributed by atoms with Gasteiger partial charge < -0.3 is 9.64 Å². The summed E-state index contributed by atoms with van der Waals surface area (Å²) in [5.74, 6) is 0.434. The van der Waals surface area contributed by atoms with Crippen molar-refractivity contribution in [2.45, 2.75) is 12.4 Å². The van der Waals surface area contributed by atoms with E-state index < -0.39 is 12.4 Å². The largest absolute Gasteiger partial charge is 0.474 e. The first-order chi connectivity index (χ1) is 9.66. The second-order valence-corrected chi connectivity index (χ2v) is 4.53. The predicted octanol–water partition coefficient (Wildman–Crippen LogP) is 1.43. The molecule has 0 saturated carbocycles. The van der Waals surface area contributed by atoms with E-state index in [0.717, 1.165) is 0 Å². The zero-order valence-electron chi connectivity index (χ0n) is 11.0. The molecule has 20 heavy (non-hydrogen) atoms. The number of alkyl halides is 1. The van der Waals surface area contributed by atoms with Gasteiger partial charge in [-0.3, -0.25) is 4.57 Å². The van der Waals surface area contributed by atoms with E-state index >= 15 is 0 Å². The van der Waals surface area contributed by atoms with Crippen LogP contribution in [0.5, 0.6) is 0 Å². The van der Waals surface area contributed by atoms with Crippen LogP contribution in [-0.2, 0) is 4.74 Å². The van der Waals surface area contributed by atoms with Crippen molar-refractivity contribution >= 4 is 23.3 Å². The maximum Gasteiger partial charge on any atom is 0.212 e. The summed E-state index contributed by atoms with van der Waals surface area (Å²) in [6.07, 6.45) is 5.16. The summed E-state index contributed by atoms with van der Waals surface area (Å²) in [6.45, 7) is 0. The zero-order chi connectivity index (χ0) is 14.1. The second kappa shape index (κ2) is 4.87. The van der Waals surface area contributed by atoms with Crippen LogP contribution in [0.25, 0.3) is 11.2 Å². The molecule has 2 atom stereocenters. The maximum atomic E-state index is 13.7. The Morgan fingerprint density at radius 2 is 2.25 bits per heavy atom. The number of halogens is 1. The molecule has 1 aliphatic heterocycles. The van der Waals surface area contributed by atoms with Crippen molar-refractivity contribution in [3.8, 4) is 0 Å². The molecule has 0 saturated heterocycles. The molecule has 2 aromatic rings. The standard InChI is InChI=1S/C12H13FN6O/c1-18(2)6-17-10-9-11(15-5-14-10)19(7-16-9)12-8(13)3-4-20-12/h3-8,12H,1-2H3/t8-,12+/m0/s1. The van der Waals surface area contributed by atoms with Gasteiger partial charge in [0.25, 0.3) is 0 Å². The number of imidazole rings is 1. The Bertz CT molecular complexity index is 680. The van der Waals surface area contributed by atoms with Crippen LogP contribution in [0.2, 0.25) is 0 Å². The molecule has 0 bridgehead atoms. The van der Waals surface area contributed by atoms with Gasteiger partial charge in [-0.05, 0) is 6.08 Å². The van der Waals surface area contributed by atoms with E-state index in [-0.39, 0.29) is 0 Å². The van der Waals surface area contributed by atoms with Crippen LogP contribution in [-0.4, -0.2) is 51.0 Å². The average molecular weight is 276 g/mol. The Morgan fingerprint density at radius 1 is 1.40 bits per heavy atom. The molecule has 3 rings (SSSR count). The van der Waals surface area contributed by atoms with Gasteiger partial charge in [-0.1, -0.05) is 0 Å². The molecular weight excluding hydrogens is 263 g/mol. The van der Waals surface area contributed by atoms with Crippen molar-refractivity contribution in [1.29, 1.82) is 0 Å². The van der Waals surface area contributed by atoms with Gasteiger partial charge in [0, 0.05) is 14.1 Å². The third-order valence-corrected chi connectivity index (χ3v) is 2.78. The Labute approximate surface area is 114 Å². The molecule has 0 spiro atoms. The fourth-order valence-corrected chi connectivity index (χ4v) is 1.88. The molecule has 0 aromatic carbocycles. The van der Waals surface area contributed by atoms with Crippen molar-refractivity contribution in [1.82, 2.24) is 24.4 Å². The number of nitrogens with zero attached hydrogens (tertiary/aromatic N) is 6. The molecule has 3 heterocycles. The van der Waals surface area contributed by atoms with Gasteiger partial charge in [0.15, 0.2) is 23.2 Å².